The second-order valence-corrected chi connectivity index (χ2v) is 5.34. The number of hydrogen-bond donors (Lipinski definition) is 1. The molecule has 1 saturated carbocycles. The van der Waals surface area contributed by atoms with Crippen molar-refractivity contribution in [1.82, 2.24) is 4.98 Å². The van der Waals surface area contributed by atoms with E-state index in [1.54, 1.807) is 12.3 Å². The third-order valence-corrected chi connectivity index (χ3v) is 4.24. The van der Waals surface area contributed by atoms with Gasteiger partial charge in [0, 0.05) is 18.4 Å². The Balaban J connectivity index is 2.01. The van der Waals surface area contributed by atoms with Gasteiger partial charge in [-0.3, -0.25) is 0 Å². The Morgan fingerprint density at radius 3 is 2.84 bits per heavy atom. The molecule has 1 aromatic rings. The van der Waals surface area contributed by atoms with Crippen LogP contribution >= 0.6 is 0 Å². The molecule has 0 radical (unpaired) electrons. The Morgan fingerprint density at radius 1 is 1.47 bits per heavy atom. The second kappa shape index (κ2) is 6.04. The van der Waals surface area contributed by atoms with Gasteiger partial charge in [0.2, 0.25) is 0 Å². The van der Waals surface area contributed by atoms with Crippen LogP contribution in [0.25, 0.3) is 0 Å². The smallest absolute Gasteiger partial charge is 0.356 e. The van der Waals surface area contributed by atoms with Crippen LogP contribution in [-0.4, -0.2) is 24.6 Å². The molecule has 104 valence electrons. The fourth-order valence-corrected chi connectivity index (χ4v) is 2.83. The first-order valence-electron chi connectivity index (χ1n) is 6.97. The van der Waals surface area contributed by atoms with Crippen LogP contribution in [0, 0.1) is 5.41 Å². The quantitative estimate of drug-likeness (QED) is 0.828. The number of hydrogen-bond acceptors (Lipinski definition) is 4. The van der Waals surface area contributed by atoms with E-state index in [2.05, 4.69) is 22.0 Å². The lowest BCUT2D eigenvalue weighted by atomic mass is 9.83. The molecular formula is C15H22N2O2. The maximum atomic E-state index is 11.4. The van der Waals surface area contributed by atoms with E-state index in [0.29, 0.717) is 11.1 Å². The normalized spacial score (nSPS) is 17.2. The summed E-state index contributed by atoms with van der Waals surface area (Å²) in [5, 5.41) is 3.45. The van der Waals surface area contributed by atoms with Crippen LogP contribution in [0.4, 0.5) is 5.69 Å². The monoisotopic (exact) mass is 262 g/mol. The highest BCUT2D eigenvalue weighted by molar-refractivity contribution is 5.88. The van der Waals surface area contributed by atoms with Crippen molar-refractivity contribution in [3.05, 3.63) is 24.0 Å². The molecule has 1 heterocycles. The SMILES string of the molecule is CCC1(CNc2ccnc(C(=O)OC)c2)CCCC1. The lowest BCUT2D eigenvalue weighted by Gasteiger charge is -2.28. The molecule has 0 unspecified atom stereocenters. The van der Waals surface area contributed by atoms with Crippen molar-refractivity contribution < 1.29 is 9.53 Å². The van der Waals surface area contributed by atoms with E-state index >= 15 is 0 Å². The third-order valence-electron chi connectivity index (χ3n) is 4.24. The Morgan fingerprint density at radius 2 is 2.21 bits per heavy atom. The standard InChI is InChI=1S/C15H22N2O2/c1-3-15(7-4-5-8-15)11-17-12-6-9-16-13(10-12)14(18)19-2/h6,9-10H,3-5,7-8,11H2,1-2H3,(H,16,17). The van der Waals surface area contributed by atoms with Gasteiger partial charge in [-0.25, -0.2) is 9.78 Å². The van der Waals surface area contributed by atoms with Crippen molar-refractivity contribution in [1.29, 1.82) is 0 Å². The van der Waals surface area contributed by atoms with Crippen LogP contribution in [0.3, 0.4) is 0 Å². The van der Waals surface area contributed by atoms with Gasteiger partial charge in [0.05, 0.1) is 7.11 Å². The fraction of sp³-hybridized carbons (Fsp3) is 0.600. The van der Waals surface area contributed by atoms with Crippen LogP contribution < -0.4 is 5.32 Å². The molecule has 2 rings (SSSR count). The van der Waals surface area contributed by atoms with Crippen molar-refractivity contribution in [2.75, 3.05) is 19.0 Å². The third kappa shape index (κ3) is 3.25. The summed E-state index contributed by atoms with van der Waals surface area (Å²) in [4.78, 5) is 15.4. The van der Waals surface area contributed by atoms with Crippen molar-refractivity contribution in [3.63, 3.8) is 0 Å². The van der Waals surface area contributed by atoms with Crippen LogP contribution in [0.2, 0.25) is 0 Å². The molecule has 0 aromatic carbocycles. The minimum absolute atomic E-state index is 0.351. The summed E-state index contributed by atoms with van der Waals surface area (Å²) in [6.45, 7) is 3.23. The Bertz CT molecular complexity index is 440. The maximum Gasteiger partial charge on any atom is 0.356 e. The fourth-order valence-electron chi connectivity index (χ4n) is 2.83. The summed E-state index contributed by atoms with van der Waals surface area (Å²) in [6.07, 6.45) is 8.10. The predicted octanol–water partition coefficient (Wildman–Crippen LogP) is 3.25. The Labute approximate surface area is 114 Å². The molecule has 4 nitrogen and oxygen atoms in total. The summed E-state index contributed by atoms with van der Waals surface area (Å²) >= 11 is 0. The molecule has 0 atom stereocenters. The molecule has 1 aliphatic rings. The van der Waals surface area contributed by atoms with Crippen LogP contribution in [0.15, 0.2) is 18.3 Å². The van der Waals surface area contributed by atoms with Crippen molar-refractivity contribution in [3.8, 4) is 0 Å². The van der Waals surface area contributed by atoms with Gasteiger partial charge in [0.1, 0.15) is 5.69 Å². The number of anilines is 1. The van der Waals surface area contributed by atoms with E-state index in [1.165, 1.54) is 39.2 Å². The first-order chi connectivity index (χ1) is 9.19. The van der Waals surface area contributed by atoms with Crippen molar-refractivity contribution in [2.45, 2.75) is 39.0 Å². The average molecular weight is 262 g/mol. The summed E-state index contributed by atoms with van der Waals surface area (Å²) < 4.78 is 4.68. The molecule has 0 aliphatic heterocycles. The first-order valence-corrected chi connectivity index (χ1v) is 6.97. The van der Waals surface area contributed by atoms with Gasteiger partial charge in [-0.2, -0.15) is 0 Å². The summed E-state index contributed by atoms with van der Waals surface area (Å²) in [7, 11) is 1.37. The maximum absolute atomic E-state index is 11.4. The number of methoxy groups -OCH3 is 1. The zero-order chi connectivity index (χ0) is 13.7. The van der Waals surface area contributed by atoms with Crippen LogP contribution in [0.5, 0.6) is 0 Å². The van der Waals surface area contributed by atoms with Crippen molar-refractivity contribution >= 4 is 11.7 Å². The van der Waals surface area contributed by atoms with Gasteiger partial charge in [-0.05, 0) is 36.8 Å². The van der Waals surface area contributed by atoms with Gasteiger partial charge < -0.3 is 10.1 Å². The minimum Gasteiger partial charge on any atom is -0.464 e. The average Bonchev–Trinajstić information content (AvgIpc) is 2.94. The molecule has 4 heteroatoms. The van der Waals surface area contributed by atoms with Gasteiger partial charge in [-0.15, -0.1) is 0 Å². The second-order valence-electron chi connectivity index (χ2n) is 5.34. The highest BCUT2D eigenvalue weighted by atomic mass is 16.5. The summed E-state index contributed by atoms with van der Waals surface area (Å²) in [6, 6.07) is 3.65. The van der Waals surface area contributed by atoms with Crippen molar-refractivity contribution in [2.24, 2.45) is 5.41 Å². The molecule has 0 saturated heterocycles. The Kier molecular flexibility index (Phi) is 4.40. The van der Waals surface area contributed by atoms with E-state index in [1.807, 2.05) is 6.07 Å². The summed E-state index contributed by atoms with van der Waals surface area (Å²) in [5.74, 6) is -0.394. The summed E-state index contributed by atoms with van der Waals surface area (Å²) in [5.41, 5.74) is 1.72. The van der Waals surface area contributed by atoms with Gasteiger partial charge in [0.15, 0.2) is 0 Å². The van der Waals surface area contributed by atoms with Gasteiger partial charge >= 0.3 is 5.97 Å². The number of carbonyl (C=O) groups is 1. The number of nitrogens with zero attached hydrogens (tertiary/aromatic N) is 1. The van der Waals surface area contributed by atoms with Gasteiger partial charge in [-0.1, -0.05) is 19.8 Å². The van der Waals surface area contributed by atoms with E-state index in [9.17, 15) is 4.79 Å². The minimum atomic E-state index is -0.394. The highest BCUT2D eigenvalue weighted by Crippen LogP contribution is 2.40. The number of ether oxygens (including phenoxy) is 1. The van der Waals surface area contributed by atoms with E-state index in [4.69, 9.17) is 0 Å². The molecule has 0 amide bonds. The molecule has 19 heavy (non-hydrogen) atoms. The molecule has 1 fully saturated rings. The van der Waals surface area contributed by atoms with Gasteiger partial charge in [0.25, 0.3) is 0 Å². The lowest BCUT2D eigenvalue weighted by Crippen LogP contribution is -2.26. The number of pyridine rings is 1. The molecular weight excluding hydrogens is 240 g/mol. The van der Waals surface area contributed by atoms with E-state index < -0.39 is 5.97 Å². The topological polar surface area (TPSA) is 51.2 Å². The highest BCUT2D eigenvalue weighted by Gasteiger charge is 2.31. The first kappa shape index (κ1) is 13.8. The zero-order valence-electron chi connectivity index (χ0n) is 11.7. The number of rotatable bonds is 5. The zero-order valence-corrected chi connectivity index (χ0v) is 11.7. The number of esters is 1. The Hall–Kier alpha value is -1.58. The van der Waals surface area contributed by atoms with E-state index in [-0.39, 0.29) is 0 Å². The number of carbonyl (C=O) groups excluding carboxylic acids is 1. The molecule has 1 aliphatic carbocycles. The lowest BCUT2D eigenvalue weighted by molar-refractivity contribution is 0.0594. The molecule has 1 aromatic heterocycles. The molecule has 0 spiro atoms. The number of aromatic nitrogens is 1. The predicted molar refractivity (Wildman–Crippen MR) is 75.3 cm³/mol. The molecule has 1 N–H and O–H groups in total. The largest absolute Gasteiger partial charge is 0.464 e. The van der Waals surface area contributed by atoms with Crippen LogP contribution in [0.1, 0.15) is 49.5 Å². The number of nitrogens with one attached hydrogen (secondary N) is 1. The van der Waals surface area contributed by atoms with Crippen LogP contribution in [-0.2, 0) is 4.74 Å². The van der Waals surface area contributed by atoms with E-state index in [0.717, 1.165) is 12.2 Å². The molecule has 0 bridgehead atoms.